The average Bonchev–Trinajstić information content (AvgIpc) is 2.47. The Morgan fingerprint density at radius 3 is 2.37 bits per heavy atom. The number of nitrogens with one attached hydrogen (secondary N) is 1. The predicted octanol–water partition coefficient (Wildman–Crippen LogP) is 3.67. The summed E-state index contributed by atoms with van der Waals surface area (Å²) in [5, 5.41) is 3.83. The molecule has 2 aliphatic rings. The van der Waals surface area contributed by atoms with E-state index in [-0.39, 0.29) is 0 Å². The Kier molecular flexibility index (Phi) is 6.66. The Hall–Kier alpha value is -0.0800. The van der Waals surface area contributed by atoms with E-state index in [0.29, 0.717) is 0 Å². The molecule has 112 valence electrons. The number of hydrogen-bond donors (Lipinski definition) is 1. The maximum atomic E-state index is 3.83. The molecule has 1 atom stereocenters. The van der Waals surface area contributed by atoms with Crippen LogP contribution in [0.4, 0.5) is 0 Å². The van der Waals surface area contributed by atoms with Crippen LogP contribution in [0.1, 0.15) is 65.2 Å². The number of piperidine rings is 1. The highest BCUT2D eigenvalue weighted by molar-refractivity contribution is 4.78. The van der Waals surface area contributed by atoms with Crippen molar-refractivity contribution in [3.63, 3.8) is 0 Å². The second-order valence-electron chi connectivity index (χ2n) is 7.00. The highest BCUT2D eigenvalue weighted by Gasteiger charge is 2.20. The van der Waals surface area contributed by atoms with Crippen molar-refractivity contribution in [1.82, 2.24) is 10.2 Å². The quantitative estimate of drug-likeness (QED) is 0.789. The molecule has 1 aliphatic heterocycles. The van der Waals surface area contributed by atoms with E-state index in [2.05, 4.69) is 24.1 Å². The summed E-state index contributed by atoms with van der Waals surface area (Å²) >= 11 is 0. The van der Waals surface area contributed by atoms with Gasteiger partial charge in [0.2, 0.25) is 0 Å². The molecular formula is C17H34N2. The maximum absolute atomic E-state index is 3.83. The van der Waals surface area contributed by atoms with E-state index >= 15 is 0 Å². The Balaban J connectivity index is 1.57. The average molecular weight is 266 g/mol. The molecular weight excluding hydrogens is 232 g/mol. The minimum absolute atomic E-state index is 0.807. The lowest BCUT2D eigenvalue weighted by Crippen LogP contribution is -2.40. The molecule has 0 bridgehead atoms. The van der Waals surface area contributed by atoms with Crippen molar-refractivity contribution in [2.75, 3.05) is 26.2 Å². The van der Waals surface area contributed by atoms with Gasteiger partial charge in [-0.05, 0) is 70.0 Å². The molecule has 2 heteroatoms. The lowest BCUT2D eigenvalue weighted by atomic mass is 9.84. The summed E-state index contributed by atoms with van der Waals surface area (Å²) in [4.78, 5) is 2.67. The summed E-state index contributed by atoms with van der Waals surface area (Å²) in [5.74, 6) is 1.82. The van der Waals surface area contributed by atoms with Gasteiger partial charge in [-0.3, -0.25) is 0 Å². The van der Waals surface area contributed by atoms with Gasteiger partial charge in [0, 0.05) is 12.6 Å². The fourth-order valence-corrected chi connectivity index (χ4v) is 3.79. The zero-order valence-electron chi connectivity index (χ0n) is 13.2. The van der Waals surface area contributed by atoms with Crippen molar-refractivity contribution in [3.05, 3.63) is 0 Å². The highest BCUT2D eigenvalue weighted by Crippen LogP contribution is 2.26. The Labute approximate surface area is 120 Å². The summed E-state index contributed by atoms with van der Waals surface area (Å²) in [6.45, 7) is 9.96. The van der Waals surface area contributed by atoms with Crippen molar-refractivity contribution < 1.29 is 0 Å². The van der Waals surface area contributed by atoms with Gasteiger partial charge >= 0.3 is 0 Å². The van der Waals surface area contributed by atoms with Crippen LogP contribution in [-0.2, 0) is 0 Å². The largest absolute Gasteiger partial charge is 0.314 e. The minimum atomic E-state index is 0.807. The van der Waals surface area contributed by atoms with Crippen molar-refractivity contribution in [3.8, 4) is 0 Å². The lowest BCUT2D eigenvalue weighted by Gasteiger charge is -2.32. The second-order valence-corrected chi connectivity index (χ2v) is 7.00. The molecule has 0 spiro atoms. The molecule has 1 heterocycles. The number of hydrogen-bond acceptors (Lipinski definition) is 2. The standard InChI is InChI=1S/C17H34N2/c1-3-16-7-9-17(10-8-16)18-13-15(2)14-19-11-5-4-6-12-19/h15-18H,3-14H2,1-2H3. The highest BCUT2D eigenvalue weighted by atomic mass is 15.1. The monoisotopic (exact) mass is 266 g/mol. The van der Waals surface area contributed by atoms with Gasteiger partial charge < -0.3 is 10.2 Å². The fraction of sp³-hybridized carbons (Fsp3) is 1.00. The van der Waals surface area contributed by atoms with Crippen LogP contribution in [-0.4, -0.2) is 37.1 Å². The predicted molar refractivity (Wildman–Crippen MR) is 83.5 cm³/mol. The van der Waals surface area contributed by atoms with Crippen LogP contribution < -0.4 is 5.32 Å². The molecule has 0 aromatic carbocycles. The molecule has 1 saturated heterocycles. The maximum Gasteiger partial charge on any atom is 0.00673 e. The number of likely N-dealkylation sites (tertiary alicyclic amines) is 1. The molecule has 2 fully saturated rings. The first kappa shape index (κ1) is 15.3. The molecule has 0 radical (unpaired) electrons. The van der Waals surface area contributed by atoms with Crippen molar-refractivity contribution in [1.29, 1.82) is 0 Å². The van der Waals surface area contributed by atoms with Crippen LogP contribution in [0.15, 0.2) is 0 Å². The molecule has 1 saturated carbocycles. The SMILES string of the molecule is CCC1CCC(NCC(C)CN2CCCCC2)CC1. The summed E-state index contributed by atoms with van der Waals surface area (Å²) < 4.78 is 0. The van der Waals surface area contributed by atoms with Crippen LogP contribution >= 0.6 is 0 Å². The van der Waals surface area contributed by atoms with Crippen LogP contribution in [0.25, 0.3) is 0 Å². The van der Waals surface area contributed by atoms with E-state index in [4.69, 9.17) is 0 Å². The normalized spacial score (nSPS) is 31.3. The zero-order valence-corrected chi connectivity index (χ0v) is 13.2. The van der Waals surface area contributed by atoms with Crippen molar-refractivity contribution >= 4 is 0 Å². The van der Waals surface area contributed by atoms with E-state index in [1.165, 1.54) is 77.5 Å². The van der Waals surface area contributed by atoms with Gasteiger partial charge in [0.1, 0.15) is 0 Å². The van der Waals surface area contributed by atoms with Gasteiger partial charge in [0.15, 0.2) is 0 Å². The zero-order chi connectivity index (χ0) is 13.5. The van der Waals surface area contributed by atoms with Crippen LogP contribution in [0.2, 0.25) is 0 Å². The molecule has 0 amide bonds. The van der Waals surface area contributed by atoms with Gasteiger partial charge in [-0.15, -0.1) is 0 Å². The molecule has 0 aromatic rings. The molecule has 0 aromatic heterocycles. The fourth-order valence-electron chi connectivity index (χ4n) is 3.79. The first-order chi connectivity index (χ1) is 9.28. The second kappa shape index (κ2) is 8.26. The summed E-state index contributed by atoms with van der Waals surface area (Å²) in [6.07, 6.45) is 11.4. The Morgan fingerprint density at radius 2 is 1.74 bits per heavy atom. The summed E-state index contributed by atoms with van der Waals surface area (Å²) in [5.41, 5.74) is 0. The number of rotatable bonds is 6. The van der Waals surface area contributed by atoms with Gasteiger partial charge in [-0.2, -0.15) is 0 Å². The van der Waals surface area contributed by atoms with Crippen LogP contribution in [0.5, 0.6) is 0 Å². The molecule has 2 nitrogen and oxygen atoms in total. The molecule has 1 aliphatic carbocycles. The van der Waals surface area contributed by atoms with Gasteiger partial charge in [0.25, 0.3) is 0 Å². The van der Waals surface area contributed by atoms with E-state index in [1.54, 1.807) is 0 Å². The van der Waals surface area contributed by atoms with Gasteiger partial charge in [0.05, 0.1) is 0 Å². The number of nitrogens with zero attached hydrogens (tertiary/aromatic N) is 1. The van der Waals surface area contributed by atoms with E-state index in [1.807, 2.05) is 0 Å². The van der Waals surface area contributed by atoms with E-state index in [0.717, 1.165) is 17.9 Å². The smallest absolute Gasteiger partial charge is 0.00673 e. The third-order valence-corrected chi connectivity index (χ3v) is 5.20. The van der Waals surface area contributed by atoms with E-state index < -0.39 is 0 Å². The first-order valence-electron chi connectivity index (χ1n) is 8.73. The molecule has 2 rings (SSSR count). The van der Waals surface area contributed by atoms with Crippen LogP contribution in [0, 0.1) is 11.8 Å². The Morgan fingerprint density at radius 1 is 1.05 bits per heavy atom. The van der Waals surface area contributed by atoms with Crippen LogP contribution in [0.3, 0.4) is 0 Å². The molecule has 1 N–H and O–H groups in total. The molecule has 19 heavy (non-hydrogen) atoms. The van der Waals surface area contributed by atoms with Crippen molar-refractivity contribution in [2.45, 2.75) is 71.3 Å². The minimum Gasteiger partial charge on any atom is -0.314 e. The van der Waals surface area contributed by atoms with Crippen molar-refractivity contribution in [2.24, 2.45) is 11.8 Å². The Bertz CT molecular complexity index is 227. The molecule has 1 unspecified atom stereocenters. The first-order valence-corrected chi connectivity index (χ1v) is 8.73. The van der Waals surface area contributed by atoms with Gasteiger partial charge in [-0.25, -0.2) is 0 Å². The van der Waals surface area contributed by atoms with Gasteiger partial charge in [-0.1, -0.05) is 26.7 Å². The van der Waals surface area contributed by atoms with E-state index in [9.17, 15) is 0 Å². The summed E-state index contributed by atoms with van der Waals surface area (Å²) in [6, 6.07) is 0.812. The lowest BCUT2D eigenvalue weighted by molar-refractivity contribution is 0.193. The third kappa shape index (κ3) is 5.43. The summed E-state index contributed by atoms with van der Waals surface area (Å²) in [7, 11) is 0. The topological polar surface area (TPSA) is 15.3 Å². The third-order valence-electron chi connectivity index (χ3n) is 5.20.